The number of ether oxygens (including phenoxy) is 1. The van der Waals surface area contributed by atoms with E-state index in [0.29, 0.717) is 47.5 Å². The van der Waals surface area contributed by atoms with Crippen LogP contribution in [-0.2, 0) is 25.7 Å². The van der Waals surface area contributed by atoms with Crippen molar-refractivity contribution in [1.82, 2.24) is 9.47 Å². The van der Waals surface area contributed by atoms with Crippen molar-refractivity contribution >= 4 is 62.4 Å². The molecule has 0 aliphatic carbocycles. The van der Waals surface area contributed by atoms with Gasteiger partial charge in [-0.05, 0) is 42.0 Å². The van der Waals surface area contributed by atoms with E-state index < -0.39 is 17.1 Å². The van der Waals surface area contributed by atoms with Gasteiger partial charge in [0.2, 0.25) is 17.7 Å². The largest absolute Gasteiger partial charge is 0.508 e. The monoisotopic (exact) mass is 615 g/mol. The topological polar surface area (TPSA) is 109 Å². The van der Waals surface area contributed by atoms with E-state index in [1.807, 2.05) is 0 Å². The van der Waals surface area contributed by atoms with Crippen molar-refractivity contribution in [1.29, 1.82) is 0 Å². The Morgan fingerprint density at radius 2 is 1.68 bits per heavy atom. The van der Waals surface area contributed by atoms with E-state index in [2.05, 4.69) is 15.9 Å². The fourth-order valence-electron chi connectivity index (χ4n) is 5.19. The van der Waals surface area contributed by atoms with Gasteiger partial charge in [-0.3, -0.25) is 23.7 Å². The van der Waals surface area contributed by atoms with E-state index in [0.717, 1.165) is 15.8 Å². The summed E-state index contributed by atoms with van der Waals surface area (Å²) in [6.45, 7) is 1.68. The van der Waals surface area contributed by atoms with E-state index in [-0.39, 0.29) is 34.9 Å². The maximum absolute atomic E-state index is 13.8. The molecule has 196 valence electrons. The number of rotatable bonds is 4. The summed E-state index contributed by atoms with van der Waals surface area (Å²) >= 11 is 5.58. The molecule has 3 aliphatic heterocycles. The lowest BCUT2D eigenvalue weighted by Crippen LogP contribution is -2.43. The molecule has 4 heterocycles. The van der Waals surface area contributed by atoms with Crippen molar-refractivity contribution in [2.45, 2.75) is 22.7 Å². The van der Waals surface area contributed by atoms with E-state index >= 15 is 0 Å². The molecule has 6 rings (SSSR count). The molecule has 12 heteroatoms. The number of nitrogens with zero attached hydrogens (tertiary/aromatic N) is 3. The van der Waals surface area contributed by atoms with E-state index in [9.17, 15) is 24.3 Å². The van der Waals surface area contributed by atoms with Gasteiger partial charge < -0.3 is 14.7 Å². The maximum Gasteiger partial charge on any atom is 0.308 e. The van der Waals surface area contributed by atoms with Crippen LogP contribution in [0.1, 0.15) is 16.4 Å². The normalized spacial score (nSPS) is 22.9. The zero-order valence-corrected chi connectivity index (χ0v) is 23.1. The first-order valence-corrected chi connectivity index (χ1v) is 14.5. The lowest BCUT2D eigenvalue weighted by Gasteiger charge is -2.31. The number of halogens is 1. The number of hydrogen-bond donors (Lipinski definition) is 1. The number of amides is 3. The summed E-state index contributed by atoms with van der Waals surface area (Å²) in [7, 11) is 0. The van der Waals surface area contributed by atoms with Crippen molar-refractivity contribution in [2.24, 2.45) is 5.92 Å². The van der Waals surface area contributed by atoms with Crippen LogP contribution in [0.3, 0.4) is 0 Å². The smallest absolute Gasteiger partial charge is 0.308 e. The fraction of sp³-hybridized carbons (Fsp3) is 0.308. The number of morpholine rings is 1. The zero-order valence-electron chi connectivity index (χ0n) is 19.9. The standard InChI is InChI=1S/C26H22BrN3O6S2/c27-15-3-5-16(6-4-15)30-23(33)20-19(14-1-7-17(31)8-2-14)22-25(37-21(20)24(30)34)29(26(35)38-22)13-18(32)28-9-11-36-12-10-28/h1-8,19-21,31H,9-13H2/t19-,20?,21?/m0/s1. The first-order valence-electron chi connectivity index (χ1n) is 12.0. The minimum absolute atomic E-state index is 0.0721. The highest BCUT2D eigenvalue weighted by Crippen LogP contribution is 2.54. The summed E-state index contributed by atoms with van der Waals surface area (Å²) in [5.41, 5.74) is 1.19. The van der Waals surface area contributed by atoms with Gasteiger partial charge in [0.15, 0.2) is 0 Å². The third-order valence-corrected chi connectivity index (χ3v) is 10.2. The number of phenolic OH excluding ortho intramolecular Hbond substituents is 1. The second kappa shape index (κ2) is 9.99. The van der Waals surface area contributed by atoms with Gasteiger partial charge in [-0.25, -0.2) is 4.90 Å². The highest BCUT2D eigenvalue weighted by Gasteiger charge is 2.56. The molecule has 2 aromatic carbocycles. The van der Waals surface area contributed by atoms with Crippen LogP contribution in [0, 0.1) is 5.92 Å². The molecule has 1 N–H and O–H groups in total. The number of phenols is 1. The van der Waals surface area contributed by atoms with Crippen LogP contribution >= 0.6 is 39.0 Å². The first-order chi connectivity index (χ1) is 18.3. The quantitative estimate of drug-likeness (QED) is 0.449. The molecular weight excluding hydrogens is 594 g/mol. The number of aromatic hydroxyl groups is 1. The average Bonchev–Trinajstić information content (AvgIpc) is 3.36. The molecule has 0 radical (unpaired) electrons. The number of aromatic nitrogens is 1. The van der Waals surface area contributed by atoms with Crippen LogP contribution in [0.4, 0.5) is 5.69 Å². The predicted molar refractivity (Wildman–Crippen MR) is 146 cm³/mol. The number of fused-ring (bicyclic) bond motifs is 2. The molecule has 1 aromatic heterocycles. The van der Waals surface area contributed by atoms with E-state index in [1.165, 1.54) is 33.4 Å². The van der Waals surface area contributed by atoms with Gasteiger partial charge in [-0.1, -0.05) is 51.2 Å². The summed E-state index contributed by atoms with van der Waals surface area (Å²) in [4.78, 5) is 57.1. The highest BCUT2D eigenvalue weighted by molar-refractivity contribution is 9.10. The number of thioether (sulfide) groups is 1. The van der Waals surface area contributed by atoms with Crippen molar-refractivity contribution in [2.75, 3.05) is 31.2 Å². The summed E-state index contributed by atoms with van der Waals surface area (Å²) in [6.07, 6.45) is 0. The third-order valence-electron chi connectivity index (χ3n) is 7.04. The molecule has 2 unspecified atom stereocenters. The van der Waals surface area contributed by atoms with Crippen LogP contribution in [0.5, 0.6) is 5.75 Å². The van der Waals surface area contributed by atoms with Crippen molar-refractivity contribution < 1.29 is 24.2 Å². The molecule has 3 amide bonds. The summed E-state index contributed by atoms with van der Waals surface area (Å²) in [5, 5.41) is 9.65. The summed E-state index contributed by atoms with van der Waals surface area (Å²) in [5.74, 6) is -2.13. The second-order valence-corrected chi connectivity index (χ2v) is 12.3. The number of carbonyl (C=O) groups is 3. The molecule has 3 atom stereocenters. The Morgan fingerprint density at radius 3 is 2.37 bits per heavy atom. The van der Waals surface area contributed by atoms with Crippen molar-refractivity contribution in [3.05, 3.63) is 73.1 Å². The number of benzene rings is 2. The van der Waals surface area contributed by atoms with Gasteiger partial charge in [-0.15, -0.1) is 0 Å². The number of carbonyl (C=O) groups excluding carboxylic acids is 3. The summed E-state index contributed by atoms with van der Waals surface area (Å²) in [6, 6.07) is 13.5. The number of thiazole rings is 1. The molecule has 2 saturated heterocycles. The van der Waals surface area contributed by atoms with Gasteiger partial charge in [-0.2, -0.15) is 0 Å². The molecule has 0 saturated carbocycles. The van der Waals surface area contributed by atoms with Crippen LogP contribution in [-0.4, -0.2) is 63.8 Å². The Hall–Kier alpha value is -2.93. The third kappa shape index (κ3) is 4.29. The zero-order chi connectivity index (χ0) is 26.6. The van der Waals surface area contributed by atoms with Crippen LogP contribution in [0.2, 0.25) is 0 Å². The Kier molecular flexibility index (Phi) is 6.67. The average molecular weight is 617 g/mol. The summed E-state index contributed by atoms with van der Waals surface area (Å²) < 4.78 is 7.60. The van der Waals surface area contributed by atoms with E-state index in [4.69, 9.17) is 4.74 Å². The minimum atomic E-state index is -0.767. The maximum atomic E-state index is 13.8. The molecule has 3 aromatic rings. The lowest BCUT2D eigenvalue weighted by atomic mass is 9.83. The predicted octanol–water partition coefficient (Wildman–Crippen LogP) is 3.03. The molecule has 0 spiro atoms. The van der Waals surface area contributed by atoms with Crippen LogP contribution in [0.15, 0.2) is 62.8 Å². The van der Waals surface area contributed by atoms with Crippen LogP contribution < -0.4 is 9.77 Å². The number of anilines is 1. The number of imide groups is 1. The van der Waals surface area contributed by atoms with Crippen molar-refractivity contribution in [3.63, 3.8) is 0 Å². The molecule has 0 bridgehead atoms. The highest BCUT2D eigenvalue weighted by atomic mass is 79.9. The van der Waals surface area contributed by atoms with E-state index in [1.54, 1.807) is 41.3 Å². The van der Waals surface area contributed by atoms with Gasteiger partial charge in [0.1, 0.15) is 17.5 Å². The fourth-order valence-corrected chi connectivity index (χ4v) is 8.23. The molecular formula is C26H22BrN3O6S2. The first kappa shape index (κ1) is 25.4. The van der Waals surface area contributed by atoms with Gasteiger partial charge in [0, 0.05) is 28.4 Å². The molecule has 9 nitrogen and oxygen atoms in total. The van der Waals surface area contributed by atoms with Gasteiger partial charge >= 0.3 is 4.87 Å². The molecule has 3 aliphatic rings. The number of hydrogen-bond acceptors (Lipinski definition) is 8. The minimum Gasteiger partial charge on any atom is -0.508 e. The Balaban J connectivity index is 1.43. The molecule has 2 fully saturated rings. The van der Waals surface area contributed by atoms with Gasteiger partial charge in [0.05, 0.1) is 29.8 Å². The SMILES string of the molecule is O=C(Cn1c2c(sc1=O)[C@@H](c1ccc(O)cc1)C1C(=O)N(c3ccc(Br)cc3)C(=O)C1S2)N1CCOCC1. The lowest BCUT2D eigenvalue weighted by molar-refractivity contribution is -0.136. The van der Waals surface area contributed by atoms with Gasteiger partial charge in [0.25, 0.3) is 0 Å². The Morgan fingerprint density at radius 1 is 1.00 bits per heavy atom. The Labute approximate surface area is 234 Å². The second-order valence-electron chi connectivity index (χ2n) is 9.24. The molecule has 38 heavy (non-hydrogen) atoms. The Bertz CT molecular complexity index is 1480. The van der Waals surface area contributed by atoms with Crippen molar-refractivity contribution in [3.8, 4) is 5.75 Å². The van der Waals surface area contributed by atoms with Crippen LogP contribution in [0.25, 0.3) is 0 Å².